The van der Waals surface area contributed by atoms with Gasteiger partial charge < -0.3 is 15.0 Å². The molecule has 138 valence electrons. The zero-order chi connectivity index (χ0) is 17.7. The number of carbonyl (C=O) groups is 2. The molecule has 0 aromatic carbocycles. The maximum Gasteiger partial charge on any atom is 0.405 e. The highest BCUT2D eigenvalue weighted by atomic mass is 19.4. The summed E-state index contributed by atoms with van der Waals surface area (Å²) in [5, 5.41) is 1.91. The highest BCUT2D eigenvalue weighted by molar-refractivity contribution is 5.81. The molecule has 24 heavy (non-hydrogen) atoms. The van der Waals surface area contributed by atoms with E-state index < -0.39 is 24.7 Å². The number of piperidine rings is 1. The third-order valence-corrected chi connectivity index (χ3v) is 4.59. The van der Waals surface area contributed by atoms with Crippen LogP contribution < -0.4 is 5.32 Å². The van der Waals surface area contributed by atoms with Crippen LogP contribution >= 0.6 is 0 Å². The summed E-state index contributed by atoms with van der Waals surface area (Å²) in [6, 6.07) is -0.633. The van der Waals surface area contributed by atoms with E-state index in [4.69, 9.17) is 4.74 Å². The molecular formula is C15H24F3N3O3. The average Bonchev–Trinajstić information content (AvgIpc) is 2.58. The number of rotatable bonds is 4. The molecule has 2 amide bonds. The molecule has 0 aromatic rings. The van der Waals surface area contributed by atoms with Crippen LogP contribution in [0.2, 0.25) is 0 Å². The second-order valence-corrected chi connectivity index (χ2v) is 6.26. The number of likely N-dealkylation sites (tertiary alicyclic amines) is 1. The molecule has 2 aliphatic rings. The zero-order valence-corrected chi connectivity index (χ0v) is 13.8. The van der Waals surface area contributed by atoms with Crippen LogP contribution in [-0.2, 0) is 14.3 Å². The Labute approximate surface area is 139 Å². The summed E-state index contributed by atoms with van der Waals surface area (Å²) in [5.41, 5.74) is 0. The van der Waals surface area contributed by atoms with Crippen molar-refractivity contribution < 1.29 is 27.5 Å². The molecule has 0 aromatic heterocycles. The number of alkyl halides is 3. The molecule has 0 radical (unpaired) electrons. The highest BCUT2D eigenvalue weighted by Gasteiger charge is 2.34. The molecule has 0 aliphatic carbocycles. The lowest BCUT2D eigenvalue weighted by Crippen LogP contribution is -2.52. The van der Waals surface area contributed by atoms with Crippen LogP contribution in [0.3, 0.4) is 0 Å². The lowest BCUT2D eigenvalue weighted by molar-refractivity contribution is -0.143. The Kier molecular flexibility index (Phi) is 6.45. The molecule has 2 aliphatic heterocycles. The van der Waals surface area contributed by atoms with Crippen LogP contribution in [0.15, 0.2) is 0 Å². The van der Waals surface area contributed by atoms with E-state index in [0.29, 0.717) is 52.2 Å². The lowest BCUT2D eigenvalue weighted by Gasteiger charge is -2.37. The Morgan fingerprint density at radius 2 is 1.75 bits per heavy atom. The number of ether oxygens (including phenoxy) is 1. The monoisotopic (exact) mass is 351 g/mol. The summed E-state index contributed by atoms with van der Waals surface area (Å²) < 4.78 is 41.7. The van der Waals surface area contributed by atoms with Gasteiger partial charge in [-0.25, -0.2) is 0 Å². The van der Waals surface area contributed by atoms with E-state index in [0.717, 1.165) is 0 Å². The summed E-state index contributed by atoms with van der Waals surface area (Å²) >= 11 is 0. The molecule has 2 fully saturated rings. The van der Waals surface area contributed by atoms with Crippen LogP contribution in [-0.4, -0.2) is 79.8 Å². The zero-order valence-electron chi connectivity index (χ0n) is 13.8. The largest absolute Gasteiger partial charge is 0.405 e. The Morgan fingerprint density at radius 3 is 2.29 bits per heavy atom. The van der Waals surface area contributed by atoms with Crippen LogP contribution in [0.5, 0.6) is 0 Å². The lowest BCUT2D eigenvalue weighted by atomic mass is 9.94. The molecule has 0 saturated carbocycles. The van der Waals surface area contributed by atoms with E-state index >= 15 is 0 Å². The molecule has 0 bridgehead atoms. The standard InChI is InChI=1S/C15H24F3N3O3/c1-11(13(22)19-10-15(16,17)18)20-4-2-12(3-5-20)14(23)21-6-8-24-9-7-21/h11-12H,2-10H2,1H3,(H,19,22). The van der Waals surface area contributed by atoms with Crippen LogP contribution in [0.25, 0.3) is 0 Å². The van der Waals surface area contributed by atoms with Crippen molar-refractivity contribution >= 4 is 11.8 Å². The minimum Gasteiger partial charge on any atom is -0.378 e. The van der Waals surface area contributed by atoms with Crippen molar-refractivity contribution in [3.05, 3.63) is 0 Å². The third kappa shape index (κ3) is 5.34. The first-order chi connectivity index (χ1) is 11.3. The summed E-state index contributed by atoms with van der Waals surface area (Å²) in [7, 11) is 0. The molecule has 2 saturated heterocycles. The highest BCUT2D eigenvalue weighted by Crippen LogP contribution is 2.22. The molecular weight excluding hydrogens is 327 g/mol. The molecule has 1 atom stereocenters. The molecule has 0 spiro atoms. The van der Waals surface area contributed by atoms with Crippen molar-refractivity contribution in [1.29, 1.82) is 0 Å². The normalized spacial score (nSPS) is 22.2. The third-order valence-electron chi connectivity index (χ3n) is 4.59. The quantitative estimate of drug-likeness (QED) is 0.807. The minimum atomic E-state index is -4.41. The van der Waals surface area contributed by atoms with E-state index in [9.17, 15) is 22.8 Å². The van der Waals surface area contributed by atoms with E-state index in [-0.39, 0.29) is 11.8 Å². The number of amides is 2. The first-order valence-electron chi connectivity index (χ1n) is 8.23. The van der Waals surface area contributed by atoms with E-state index in [1.807, 2.05) is 15.1 Å². The number of hydrogen-bond acceptors (Lipinski definition) is 4. The molecule has 2 rings (SSSR count). The summed E-state index contributed by atoms with van der Waals surface area (Å²) in [4.78, 5) is 27.9. The van der Waals surface area contributed by atoms with Crippen molar-refractivity contribution in [2.75, 3.05) is 45.9 Å². The van der Waals surface area contributed by atoms with Gasteiger partial charge in [-0.1, -0.05) is 0 Å². The number of morpholine rings is 1. The Bertz CT molecular complexity index is 445. The van der Waals surface area contributed by atoms with Gasteiger partial charge in [-0.05, 0) is 32.9 Å². The Balaban J connectivity index is 1.77. The van der Waals surface area contributed by atoms with Crippen molar-refractivity contribution in [1.82, 2.24) is 15.1 Å². The van der Waals surface area contributed by atoms with Gasteiger partial charge >= 0.3 is 6.18 Å². The number of hydrogen-bond donors (Lipinski definition) is 1. The van der Waals surface area contributed by atoms with Gasteiger partial charge in [0.15, 0.2) is 0 Å². The van der Waals surface area contributed by atoms with Gasteiger partial charge in [0, 0.05) is 19.0 Å². The number of halogens is 3. The topological polar surface area (TPSA) is 61.9 Å². The fourth-order valence-electron chi connectivity index (χ4n) is 3.08. The van der Waals surface area contributed by atoms with Gasteiger partial charge in [-0.15, -0.1) is 0 Å². The Morgan fingerprint density at radius 1 is 1.17 bits per heavy atom. The Hall–Kier alpha value is -1.35. The number of nitrogens with zero attached hydrogens (tertiary/aromatic N) is 2. The predicted octanol–water partition coefficient (Wildman–Crippen LogP) is 0.624. The van der Waals surface area contributed by atoms with Gasteiger partial charge in [-0.2, -0.15) is 13.2 Å². The molecule has 1 unspecified atom stereocenters. The SMILES string of the molecule is CC(C(=O)NCC(F)(F)F)N1CCC(C(=O)N2CCOCC2)CC1. The fraction of sp³-hybridized carbons (Fsp3) is 0.867. The van der Waals surface area contributed by atoms with Crippen molar-refractivity contribution in [2.45, 2.75) is 32.0 Å². The smallest absolute Gasteiger partial charge is 0.378 e. The van der Waals surface area contributed by atoms with Gasteiger partial charge in [0.05, 0.1) is 19.3 Å². The average molecular weight is 351 g/mol. The maximum atomic E-state index is 12.4. The first kappa shape index (κ1) is 19.0. The van der Waals surface area contributed by atoms with E-state index in [2.05, 4.69) is 0 Å². The van der Waals surface area contributed by atoms with Gasteiger partial charge in [0.2, 0.25) is 11.8 Å². The second-order valence-electron chi connectivity index (χ2n) is 6.26. The van der Waals surface area contributed by atoms with Gasteiger partial charge in [-0.3, -0.25) is 14.5 Å². The predicted molar refractivity (Wildman–Crippen MR) is 80.2 cm³/mol. The molecule has 2 heterocycles. The summed E-state index contributed by atoms with van der Waals surface area (Å²) in [5.74, 6) is -0.595. The van der Waals surface area contributed by atoms with Crippen molar-refractivity contribution in [2.24, 2.45) is 5.92 Å². The van der Waals surface area contributed by atoms with Crippen LogP contribution in [0, 0.1) is 5.92 Å². The molecule has 6 nitrogen and oxygen atoms in total. The fourth-order valence-corrected chi connectivity index (χ4v) is 3.08. The minimum absolute atomic E-state index is 0.0789. The van der Waals surface area contributed by atoms with E-state index in [1.165, 1.54) is 0 Å². The molecule has 9 heteroatoms. The van der Waals surface area contributed by atoms with Gasteiger partial charge in [0.25, 0.3) is 0 Å². The maximum absolute atomic E-state index is 12.4. The van der Waals surface area contributed by atoms with E-state index in [1.54, 1.807) is 6.92 Å². The first-order valence-corrected chi connectivity index (χ1v) is 8.23. The van der Waals surface area contributed by atoms with Crippen LogP contribution in [0.4, 0.5) is 13.2 Å². The summed E-state index contributed by atoms with van der Waals surface area (Å²) in [6.45, 7) is 3.66. The van der Waals surface area contributed by atoms with Crippen LogP contribution in [0.1, 0.15) is 19.8 Å². The van der Waals surface area contributed by atoms with Gasteiger partial charge in [0.1, 0.15) is 6.54 Å². The second kappa shape index (κ2) is 8.15. The molecule has 1 N–H and O–H groups in total. The number of carbonyl (C=O) groups excluding carboxylic acids is 2. The van der Waals surface area contributed by atoms with Crippen molar-refractivity contribution in [3.8, 4) is 0 Å². The van der Waals surface area contributed by atoms with Crippen molar-refractivity contribution in [3.63, 3.8) is 0 Å². The summed E-state index contributed by atoms with van der Waals surface area (Å²) in [6.07, 6.45) is -3.17. The number of nitrogens with one attached hydrogen (secondary N) is 1.